The molecule has 0 saturated carbocycles. The van der Waals surface area contributed by atoms with E-state index in [0.29, 0.717) is 35.3 Å². The van der Waals surface area contributed by atoms with Gasteiger partial charge in [-0.2, -0.15) is 5.10 Å². The van der Waals surface area contributed by atoms with E-state index in [1.165, 1.54) is 32.4 Å². The lowest BCUT2D eigenvalue weighted by atomic mass is 10.1. The Kier molecular flexibility index (Phi) is 11.5. The molecule has 0 atom stereocenters. The Labute approximate surface area is 232 Å². The molecule has 0 spiro atoms. The van der Waals surface area contributed by atoms with Gasteiger partial charge in [-0.25, -0.2) is 14.6 Å². The summed E-state index contributed by atoms with van der Waals surface area (Å²) >= 11 is 12.2. The molecule has 2 N–H and O–H groups in total. The Bertz CT molecular complexity index is 1250. The van der Waals surface area contributed by atoms with Crippen LogP contribution in [0, 0.1) is 5.92 Å². The van der Waals surface area contributed by atoms with Gasteiger partial charge in [-0.3, -0.25) is 9.59 Å². The van der Waals surface area contributed by atoms with Crippen molar-refractivity contribution in [2.24, 2.45) is 5.92 Å². The smallest absolute Gasteiger partial charge is 0.305 e. The monoisotopic (exact) mass is 560 g/mol. The minimum absolute atomic E-state index is 0.231. The molecule has 1 saturated heterocycles. The van der Waals surface area contributed by atoms with Crippen molar-refractivity contribution in [3.63, 3.8) is 0 Å². The zero-order valence-electron chi connectivity index (χ0n) is 21.7. The maximum absolute atomic E-state index is 10.8. The molecule has 1 amide bonds. The first-order valence-corrected chi connectivity index (χ1v) is 13.5. The van der Waals surface area contributed by atoms with E-state index in [4.69, 9.17) is 33.3 Å². The summed E-state index contributed by atoms with van der Waals surface area (Å²) in [6.45, 7) is 7.55. The standard InChI is InChI=1S/C18H15Cl2N5O.C5H11N.C4H8O2/c19-14-2-1-13(15(20)7-14)10-25-18-17(9-22-25)21-8-16(23-18)12-3-5-24(11-26)6-4-12;1-2-4-6-5-3-1;1-3(2)4(5)6/h1-3,7-9,11H,4-6,10H2;6H,1-5H2;3H,1-2H3,(H,5,6). The SMILES string of the molecule is C1CCNCC1.CC(C)C(=O)O.O=CN1CC=C(c2cnc3cnn(Cc4ccc(Cl)cc4Cl)c3n2)CC1. The number of carbonyl (C=O) groups is 2. The highest BCUT2D eigenvalue weighted by Gasteiger charge is 2.15. The molecule has 2 aliphatic heterocycles. The lowest BCUT2D eigenvalue weighted by Crippen LogP contribution is -2.26. The highest BCUT2D eigenvalue weighted by molar-refractivity contribution is 6.35. The van der Waals surface area contributed by atoms with Crippen LogP contribution in [0.2, 0.25) is 10.0 Å². The largest absolute Gasteiger partial charge is 0.481 e. The third-order valence-electron chi connectivity index (χ3n) is 6.10. The van der Waals surface area contributed by atoms with Crippen LogP contribution in [0.3, 0.4) is 0 Å². The minimum Gasteiger partial charge on any atom is -0.481 e. The topological polar surface area (TPSA) is 113 Å². The minimum atomic E-state index is -0.741. The summed E-state index contributed by atoms with van der Waals surface area (Å²) in [4.78, 5) is 31.5. The van der Waals surface area contributed by atoms with Crippen molar-refractivity contribution in [1.82, 2.24) is 30.0 Å². The average molecular weight is 562 g/mol. The van der Waals surface area contributed by atoms with E-state index >= 15 is 0 Å². The molecule has 0 radical (unpaired) electrons. The van der Waals surface area contributed by atoms with E-state index in [1.807, 2.05) is 12.1 Å². The molecule has 2 aliphatic rings. The number of benzene rings is 1. The molecule has 4 heterocycles. The molecule has 204 valence electrons. The molecule has 0 unspecified atom stereocenters. The lowest BCUT2D eigenvalue weighted by molar-refractivity contribution is -0.140. The van der Waals surface area contributed by atoms with Crippen LogP contribution in [0.15, 0.2) is 36.7 Å². The van der Waals surface area contributed by atoms with Gasteiger partial charge in [0.1, 0.15) is 5.52 Å². The van der Waals surface area contributed by atoms with Crippen molar-refractivity contribution in [3.8, 4) is 0 Å². The highest BCUT2D eigenvalue weighted by Crippen LogP contribution is 2.24. The zero-order chi connectivity index (χ0) is 27.5. The number of aliphatic carboxylic acids is 1. The molecule has 1 aromatic carbocycles. The number of carboxylic acid groups (broad SMARTS) is 1. The molecule has 3 aromatic rings. The van der Waals surface area contributed by atoms with Crippen LogP contribution in [0.4, 0.5) is 0 Å². The fourth-order valence-electron chi connectivity index (χ4n) is 3.75. The van der Waals surface area contributed by atoms with Gasteiger partial charge in [-0.1, -0.05) is 55.6 Å². The summed E-state index contributed by atoms with van der Waals surface area (Å²) in [7, 11) is 0. The van der Waals surface area contributed by atoms with Crippen LogP contribution in [-0.2, 0) is 16.1 Å². The fraction of sp³-hybridized carbons (Fsp3) is 0.444. The Morgan fingerprint density at radius 2 is 1.92 bits per heavy atom. The van der Waals surface area contributed by atoms with Crippen LogP contribution >= 0.6 is 23.2 Å². The molecular weight excluding hydrogens is 527 g/mol. The molecule has 0 aliphatic carbocycles. The number of carboxylic acids is 1. The number of nitrogens with one attached hydrogen (secondary N) is 1. The summed E-state index contributed by atoms with van der Waals surface area (Å²) in [6.07, 6.45) is 11.3. The van der Waals surface area contributed by atoms with Crippen molar-refractivity contribution >= 4 is 52.3 Å². The van der Waals surface area contributed by atoms with Crippen LogP contribution in [0.25, 0.3) is 16.7 Å². The number of carbonyl (C=O) groups excluding carboxylic acids is 1. The zero-order valence-corrected chi connectivity index (χ0v) is 23.3. The van der Waals surface area contributed by atoms with Gasteiger partial charge < -0.3 is 15.3 Å². The van der Waals surface area contributed by atoms with Gasteiger partial charge in [0.25, 0.3) is 0 Å². The van der Waals surface area contributed by atoms with Gasteiger partial charge in [-0.15, -0.1) is 0 Å². The van der Waals surface area contributed by atoms with E-state index in [0.717, 1.165) is 35.2 Å². The van der Waals surface area contributed by atoms with Crippen molar-refractivity contribution in [3.05, 3.63) is 58.0 Å². The normalized spacial score (nSPS) is 15.2. The van der Waals surface area contributed by atoms with E-state index in [-0.39, 0.29) is 5.92 Å². The van der Waals surface area contributed by atoms with Crippen LogP contribution in [-0.4, -0.2) is 68.3 Å². The lowest BCUT2D eigenvalue weighted by Gasteiger charge is -2.21. The van der Waals surface area contributed by atoms with Crippen molar-refractivity contribution in [1.29, 1.82) is 0 Å². The number of fused-ring (bicyclic) bond motifs is 1. The molecule has 38 heavy (non-hydrogen) atoms. The van der Waals surface area contributed by atoms with Gasteiger partial charge in [0.15, 0.2) is 5.65 Å². The first-order chi connectivity index (χ1) is 18.3. The Balaban J connectivity index is 0.000000276. The van der Waals surface area contributed by atoms with E-state index in [9.17, 15) is 9.59 Å². The summed E-state index contributed by atoms with van der Waals surface area (Å²) in [5.41, 5.74) is 4.24. The summed E-state index contributed by atoms with van der Waals surface area (Å²) in [5, 5.41) is 16.9. The van der Waals surface area contributed by atoms with Crippen LogP contribution < -0.4 is 5.32 Å². The number of nitrogens with zero attached hydrogens (tertiary/aromatic N) is 5. The Hall–Kier alpha value is -3.01. The van der Waals surface area contributed by atoms with Crippen molar-refractivity contribution < 1.29 is 14.7 Å². The van der Waals surface area contributed by atoms with Crippen LogP contribution in [0.5, 0.6) is 0 Å². The number of halogens is 2. The van der Waals surface area contributed by atoms with E-state index < -0.39 is 5.97 Å². The quantitative estimate of drug-likeness (QED) is 0.426. The van der Waals surface area contributed by atoms with Gasteiger partial charge in [-0.05, 0) is 55.6 Å². The number of hydrogen-bond donors (Lipinski definition) is 2. The molecule has 0 bridgehead atoms. The molecule has 1 fully saturated rings. The molecule has 9 nitrogen and oxygen atoms in total. The number of hydrogen-bond acceptors (Lipinski definition) is 6. The molecule has 2 aromatic heterocycles. The Morgan fingerprint density at radius 1 is 1.18 bits per heavy atom. The second-order valence-electron chi connectivity index (χ2n) is 9.39. The second-order valence-corrected chi connectivity index (χ2v) is 10.2. The first-order valence-electron chi connectivity index (χ1n) is 12.7. The molecule has 5 rings (SSSR count). The van der Waals surface area contributed by atoms with E-state index in [2.05, 4.69) is 15.4 Å². The maximum atomic E-state index is 10.8. The van der Waals surface area contributed by atoms with Crippen molar-refractivity contribution in [2.75, 3.05) is 26.2 Å². The first kappa shape index (κ1) is 29.5. The Morgan fingerprint density at radius 3 is 2.45 bits per heavy atom. The second kappa shape index (κ2) is 14.8. The number of amides is 1. The summed E-state index contributed by atoms with van der Waals surface area (Å²) in [5.74, 6) is -0.972. The highest BCUT2D eigenvalue weighted by atomic mass is 35.5. The molecule has 11 heteroatoms. The van der Waals surface area contributed by atoms with Gasteiger partial charge >= 0.3 is 5.97 Å². The van der Waals surface area contributed by atoms with Gasteiger partial charge in [0.2, 0.25) is 6.41 Å². The van der Waals surface area contributed by atoms with Crippen molar-refractivity contribution in [2.45, 2.75) is 46.1 Å². The third kappa shape index (κ3) is 8.79. The maximum Gasteiger partial charge on any atom is 0.305 e. The summed E-state index contributed by atoms with van der Waals surface area (Å²) in [6, 6.07) is 5.40. The average Bonchev–Trinajstić information content (AvgIpc) is 3.34. The number of piperidine rings is 1. The predicted octanol–water partition coefficient (Wildman–Crippen LogP) is 4.91. The third-order valence-corrected chi connectivity index (χ3v) is 6.69. The fourth-order valence-corrected chi connectivity index (χ4v) is 4.21. The number of rotatable bonds is 5. The van der Waals surface area contributed by atoms with E-state index in [1.54, 1.807) is 48.0 Å². The molecular formula is C27H34Cl2N6O3. The number of aromatic nitrogens is 4. The predicted molar refractivity (Wildman–Crippen MR) is 150 cm³/mol. The van der Waals surface area contributed by atoms with Gasteiger partial charge in [0, 0.05) is 23.1 Å². The summed E-state index contributed by atoms with van der Waals surface area (Å²) < 4.78 is 1.78. The van der Waals surface area contributed by atoms with Crippen LogP contribution in [0.1, 0.15) is 50.8 Å². The van der Waals surface area contributed by atoms with Gasteiger partial charge in [0.05, 0.1) is 30.6 Å².